The third kappa shape index (κ3) is 3.44. The Hall–Kier alpha value is -1.60. The highest BCUT2D eigenvalue weighted by Gasteiger charge is 1.99. The molecule has 0 aliphatic heterocycles. The number of rotatable bonds is 5. The highest BCUT2D eigenvalue weighted by atomic mass is 14.9. The van der Waals surface area contributed by atoms with E-state index in [4.69, 9.17) is 0 Å². The number of benzene rings is 2. The topological polar surface area (TPSA) is 12.0 Å². The van der Waals surface area contributed by atoms with E-state index in [1.165, 1.54) is 23.1 Å². The molecule has 1 N–H and O–H groups in total. The third-order valence-electron chi connectivity index (χ3n) is 3.33. The molecule has 1 atom stereocenters. The molecule has 0 fully saturated rings. The Morgan fingerprint density at radius 1 is 0.889 bits per heavy atom. The van der Waals surface area contributed by atoms with Crippen LogP contribution in [-0.2, 0) is 6.54 Å². The summed E-state index contributed by atoms with van der Waals surface area (Å²) in [5.41, 5.74) is 3.90. The smallest absolute Gasteiger partial charge is 0.0207 e. The molecule has 2 rings (SSSR count). The standard InChI is InChI=1S/C17H21N/c1-3-14(2)18-13-15-9-11-17(12-10-15)16-7-5-4-6-8-16/h4-12,14,18H,3,13H2,1-2H3. The normalized spacial score (nSPS) is 12.3. The van der Waals surface area contributed by atoms with Crippen LogP contribution in [0.5, 0.6) is 0 Å². The zero-order valence-corrected chi connectivity index (χ0v) is 11.2. The van der Waals surface area contributed by atoms with Crippen molar-refractivity contribution in [3.63, 3.8) is 0 Å². The molecular formula is C17H21N. The molecule has 0 aliphatic rings. The Morgan fingerprint density at radius 2 is 1.50 bits per heavy atom. The van der Waals surface area contributed by atoms with Crippen LogP contribution in [0.1, 0.15) is 25.8 Å². The molecule has 0 spiro atoms. The maximum absolute atomic E-state index is 3.51. The monoisotopic (exact) mass is 239 g/mol. The Balaban J connectivity index is 2.02. The molecule has 0 radical (unpaired) electrons. The van der Waals surface area contributed by atoms with Gasteiger partial charge in [0.05, 0.1) is 0 Å². The fourth-order valence-electron chi connectivity index (χ4n) is 1.88. The van der Waals surface area contributed by atoms with E-state index in [-0.39, 0.29) is 0 Å². The first-order valence-corrected chi connectivity index (χ1v) is 6.67. The average molecular weight is 239 g/mol. The zero-order chi connectivity index (χ0) is 12.8. The molecule has 0 aliphatic carbocycles. The molecule has 2 aromatic carbocycles. The molecular weight excluding hydrogens is 218 g/mol. The van der Waals surface area contributed by atoms with Gasteiger partial charge in [-0.05, 0) is 30.0 Å². The average Bonchev–Trinajstić information content (AvgIpc) is 2.46. The van der Waals surface area contributed by atoms with Crippen LogP contribution in [0.3, 0.4) is 0 Å². The predicted molar refractivity (Wildman–Crippen MR) is 78.5 cm³/mol. The van der Waals surface area contributed by atoms with Crippen molar-refractivity contribution in [3.05, 3.63) is 60.2 Å². The molecule has 0 amide bonds. The first-order chi connectivity index (χ1) is 8.79. The second kappa shape index (κ2) is 6.36. The van der Waals surface area contributed by atoms with Gasteiger partial charge < -0.3 is 5.32 Å². The van der Waals surface area contributed by atoms with Gasteiger partial charge in [0.2, 0.25) is 0 Å². The van der Waals surface area contributed by atoms with E-state index in [1.54, 1.807) is 0 Å². The van der Waals surface area contributed by atoms with E-state index in [9.17, 15) is 0 Å². The second-order valence-corrected chi connectivity index (χ2v) is 4.75. The molecule has 1 unspecified atom stereocenters. The van der Waals surface area contributed by atoms with E-state index in [0.717, 1.165) is 6.54 Å². The van der Waals surface area contributed by atoms with Gasteiger partial charge in [-0.2, -0.15) is 0 Å². The molecule has 2 aromatic rings. The summed E-state index contributed by atoms with van der Waals surface area (Å²) >= 11 is 0. The Morgan fingerprint density at radius 3 is 2.11 bits per heavy atom. The number of nitrogens with one attached hydrogen (secondary N) is 1. The Labute approximate surface area is 110 Å². The molecule has 0 saturated carbocycles. The minimum atomic E-state index is 0.582. The number of hydrogen-bond donors (Lipinski definition) is 1. The summed E-state index contributed by atoms with van der Waals surface area (Å²) in [6.45, 7) is 5.37. The quantitative estimate of drug-likeness (QED) is 0.822. The Bertz CT molecular complexity index is 459. The van der Waals surface area contributed by atoms with Crippen molar-refractivity contribution >= 4 is 0 Å². The van der Waals surface area contributed by atoms with Gasteiger partial charge in [0.15, 0.2) is 0 Å². The van der Waals surface area contributed by atoms with Crippen LogP contribution in [-0.4, -0.2) is 6.04 Å². The van der Waals surface area contributed by atoms with Gasteiger partial charge in [-0.25, -0.2) is 0 Å². The van der Waals surface area contributed by atoms with E-state index < -0.39 is 0 Å². The molecule has 94 valence electrons. The molecule has 1 heteroatoms. The van der Waals surface area contributed by atoms with Crippen molar-refractivity contribution in [2.45, 2.75) is 32.9 Å². The van der Waals surface area contributed by atoms with Gasteiger partial charge >= 0.3 is 0 Å². The van der Waals surface area contributed by atoms with E-state index in [2.05, 4.69) is 67.7 Å². The summed E-state index contributed by atoms with van der Waals surface area (Å²) in [6.07, 6.45) is 1.17. The van der Waals surface area contributed by atoms with Gasteiger partial charge in [0.1, 0.15) is 0 Å². The lowest BCUT2D eigenvalue weighted by Crippen LogP contribution is -2.24. The molecule has 1 nitrogen and oxygen atoms in total. The summed E-state index contributed by atoms with van der Waals surface area (Å²) in [5, 5.41) is 3.51. The second-order valence-electron chi connectivity index (χ2n) is 4.75. The molecule has 0 bridgehead atoms. The molecule has 0 heterocycles. The zero-order valence-electron chi connectivity index (χ0n) is 11.2. The fourth-order valence-corrected chi connectivity index (χ4v) is 1.88. The minimum absolute atomic E-state index is 0.582. The molecule has 0 saturated heterocycles. The summed E-state index contributed by atoms with van der Waals surface area (Å²) in [7, 11) is 0. The van der Waals surface area contributed by atoms with Crippen molar-refractivity contribution in [3.8, 4) is 11.1 Å². The summed E-state index contributed by atoms with van der Waals surface area (Å²) < 4.78 is 0. The maximum Gasteiger partial charge on any atom is 0.0207 e. The van der Waals surface area contributed by atoms with Crippen molar-refractivity contribution in [1.29, 1.82) is 0 Å². The largest absolute Gasteiger partial charge is 0.310 e. The van der Waals surface area contributed by atoms with Crippen LogP contribution in [0.2, 0.25) is 0 Å². The third-order valence-corrected chi connectivity index (χ3v) is 3.33. The van der Waals surface area contributed by atoms with Crippen LogP contribution in [0, 0.1) is 0 Å². The van der Waals surface area contributed by atoms with Crippen LogP contribution < -0.4 is 5.32 Å². The summed E-state index contributed by atoms with van der Waals surface area (Å²) in [4.78, 5) is 0. The van der Waals surface area contributed by atoms with Crippen molar-refractivity contribution in [1.82, 2.24) is 5.32 Å². The van der Waals surface area contributed by atoms with Gasteiger partial charge in [0.25, 0.3) is 0 Å². The highest BCUT2D eigenvalue weighted by molar-refractivity contribution is 5.63. The van der Waals surface area contributed by atoms with Crippen LogP contribution in [0.4, 0.5) is 0 Å². The van der Waals surface area contributed by atoms with Gasteiger partial charge in [-0.15, -0.1) is 0 Å². The minimum Gasteiger partial charge on any atom is -0.310 e. The SMILES string of the molecule is CCC(C)NCc1ccc(-c2ccccc2)cc1. The molecule has 18 heavy (non-hydrogen) atoms. The summed E-state index contributed by atoms with van der Waals surface area (Å²) in [6, 6.07) is 19.9. The van der Waals surface area contributed by atoms with Gasteiger partial charge in [-0.3, -0.25) is 0 Å². The van der Waals surface area contributed by atoms with Crippen molar-refractivity contribution in [2.75, 3.05) is 0 Å². The van der Waals surface area contributed by atoms with E-state index in [1.807, 2.05) is 6.07 Å². The van der Waals surface area contributed by atoms with Crippen molar-refractivity contribution in [2.24, 2.45) is 0 Å². The molecule has 0 aromatic heterocycles. The van der Waals surface area contributed by atoms with Gasteiger partial charge in [0, 0.05) is 12.6 Å². The van der Waals surface area contributed by atoms with E-state index in [0.29, 0.717) is 6.04 Å². The first kappa shape index (κ1) is 12.8. The van der Waals surface area contributed by atoms with Crippen LogP contribution in [0.25, 0.3) is 11.1 Å². The highest BCUT2D eigenvalue weighted by Crippen LogP contribution is 2.19. The van der Waals surface area contributed by atoms with Gasteiger partial charge in [-0.1, -0.05) is 61.5 Å². The summed E-state index contributed by atoms with van der Waals surface area (Å²) in [5.74, 6) is 0. The fraction of sp³-hybridized carbons (Fsp3) is 0.294. The lowest BCUT2D eigenvalue weighted by atomic mass is 10.0. The Kier molecular flexibility index (Phi) is 4.54. The maximum atomic E-state index is 3.51. The van der Waals surface area contributed by atoms with E-state index >= 15 is 0 Å². The lowest BCUT2D eigenvalue weighted by molar-refractivity contribution is 0.534. The number of hydrogen-bond acceptors (Lipinski definition) is 1. The van der Waals surface area contributed by atoms with Crippen molar-refractivity contribution < 1.29 is 0 Å². The predicted octanol–water partition coefficient (Wildman–Crippen LogP) is 4.24. The van der Waals surface area contributed by atoms with Crippen LogP contribution >= 0.6 is 0 Å². The van der Waals surface area contributed by atoms with Crippen LogP contribution in [0.15, 0.2) is 54.6 Å². The first-order valence-electron chi connectivity index (χ1n) is 6.67. The lowest BCUT2D eigenvalue weighted by Gasteiger charge is -2.11.